The van der Waals surface area contributed by atoms with Crippen molar-refractivity contribution in [2.24, 2.45) is 5.41 Å². The Balaban J connectivity index is 2.24. The predicted octanol–water partition coefficient (Wildman–Crippen LogP) is 3.08. The molecule has 2 heterocycles. The van der Waals surface area contributed by atoms with Gasteiger partial charge in [0, 0.05) is 31.5 Å². The molecular formula is C16H25N3O. The van der Waals surface area contributed by atoms with Crippen molar-refractivity contribution in [1.82, 2.24) is 9.88 Å². The first kappa shape index (κ1) is 14.8. The number of hydrogen-bond donors (Lipinski definition) is 1. The molecule has 1 N–H and O–H groups in total. The van der Waals surface area contributed by atoms with Gasteiger partial charge in [0.15, 0.2) is 0 Å². The average molecular weight is 275 g/mol. The molecule has 1 amide bonds. The maximum atomic E-state index is 12.7. The highest BCUT2D eigenvalue weighted by molar-refractivity contribution is 5.99. The summed E-state index contributed by atoms with van der Waals surface area (Å²) >= 11 is 0. The third kappa shape index (κ3) is 3.30. The predicted molar refractivity (Wildman–Crippen MR) is 82.1 cm³/mol. The van der Waals surface area contributed by atoms with Gasteiger partial charge in [0.2, 0.25) is 0 Å². The highest BCUT2D eigenvalue weighted by atomic mass is 16.2. The summed E-state index contributed by atoms with van der Waals surface area (Å²) < 4.78 is 0. The molecule has 1 aliphatic heterocycles. The molecule has 0 saturated carbocycles. The van der Waals surface area contributed by atoms with Crippen molar-refractivity contribution in [3.05, 3.63) is 23.5 Å². The second-order valence-electron chi connectivity index (χ2n) is 6.40. The van der Waals surface area contributed by atoms with Crippen LogP contribution in [0, 0.1) is 12.3 Å². The highest BCUT2D eigenvalue weighted by Crippen LogP contribution is 2.30. The van der Waals surface area contributed by atoms with Gasteiger partial charge in [-0.3, -0.25) is 9.78 Å². The lowest BCUT2D eigenvalue weighted by atomic mass is 9.84. The van der Waals surface area contributed by atoms with Crippen LogP contribution in [-0.4, -0.2) is 35.4 Å². The van der Waals surface area contributed by atoms with E-state index in [0.717, 1.165) is 37.4 Å². The van der Waals surface area contributed by atoms with Gasteiger partial charge < -0.3 is 10.2 Å². The van der Waals surface area contributed by atoms with E-state index in [2.05, 4.69) is 24.1 Å². The van der Waals surface area contributed by atoms with E-state index in [0.29, 0.717) is 5.56 Å². The maximum absolute atomic E-state index is 12.7. The number of amides is 1. The molecule has 1 fully saturated rings. The molecule has 110 valence electrons. The Morgan fingerprint density at radius 1 is 1.50 bits per heavy atom. The lowest BCUT2D eigenvalue weighted by Gasteiger charge is -2.38. The molecule has 1 saturated heterocycles. The number of nitrogens with one attached hydrogen (secondary N) is 1. The SMILES string of the molecule is CCNc1cc(C)ncc1C(=O)N1CCCC(C)(C)C1. The summed E-state index contributed by atoms with van der Waals surface area (Å²) in [5.74, 6) is 0.0984. The molecule has 0 radical (unpaired) electrons. The summed E-state index contributed by atoms with van der Waals surface area (Å²) in [6, 6.07) is 1.95. The zero-order valence-corrected chi connectivity index (χ0v) is 13.0. The zero-order valence-electron chi connectivity index (χ0n) is 13.0. The van der Waals surface area contributed by atoms with E-state index in [1.54, 1.807) is 6.20 Å². The van der Waals surface area contributed by atoms with Crippen LogP contribution < -0.4 is 5.32 Å². The molecule has 1 aromatic rings. The van der Waals surface area contributed by atoms with E-state index < -0.39 is 0 Å². The minimum Gasteiger partial charge on any atom is -0.385 e. The number of nitrogens with zero attached hydrogens (tertiary/aromatic N) is 2. The standard InChI is InChI=1S/C16H25N3O/c1-5-17-14-9-12(2)18-10-13(14)15(20)19-8-6-7-16(3,4)11-19/h9-10H,5-8,11H2,1-4H3,(H,17,18). The second-order valence-corrected chi connectivity index (χ2v) is 6.40. The van der Waals surface area contributed by atoms with Gasteiger partial charge in [-0.25, -0.2) is 0 Å². The molecule has 0 atom stereocenters. The Morgan fingerprint density at radius 3 is 2.90 bits per heavy atom. The van der Waals surface area contributed by atoms with Gasteiger partial charge in [0.1, 0.15) is 0 Å². The van der Waals surface area contributed by atoms with Gasteiger partial charge >= 0.3 is 0 Å². The van der Waals surface area contributed by atoms with Gasteiger partial charge in [-0.05, 0) is 38.2 Å². The number of rotatable bonds is 3. The van der Waals surface area contributed by atoms with Crippen molar-refractivity contribution >= 4 is 11.6 Å². The maximum Gasteiger partial charge on any atom is 0.257 e. The van der Waals surface area contributed by atoms with Crippen molar-refractivity contribution < 1.29 is 4.79 Å². The number of hydrogen-bond acceptors (Lipinski definition) is 3. The number of likely N-dealkylation sites (tertiary alicyclic amines) is 1. The molecule has 0 bridgehead atoms. The van der Waals surface area contributed by atoms with E-state index in [1.165, 1.54) is 6.42 Å². The van der Waals surface area contributed by atoms with E-state index in [4.69, 9.17) is 0 Å². The van der Waals surface area contributed by atoms with E-state index >= 15 is 0 Å². The van der Waals surface area contributed by atoms with Crippen molar-refractivity contribution in [3.8, 4) is 0 Å². The third-order valence-electron chi connectivity index (χ3n) is 3.83. The van der Waals surface area contributed by atoms with Gasteiger partial charge in [0.25, 0.3) is 5.91 Å². The quantitative estimate of drug-likeness (QED) is 0.922. The highest BCUT2D eigenvalue weighted by Gasteiger charge is 2.30. The molecule has 20 heavy (non-hydrogen) atoms. The number of pyridine rings is 1. The number of anilines is 1. The van der Waals surface area contributed by atoms with E-state index in [-0.39, 0.29) is 11.3 Å². The monoisotopic (exact) mass is 275 g/mol. The second kappa shape index (κ2) is 5.81. The largest absolute Gasteiger partial charge is 0.385 e. The van der Waals surface area contributed by atoms with Crippen molar-refractivity contribution in [3.63, 3.8) is 0 Å². The fraction of sp³-hybridized carbons (Fsp3) is 0.625. The lowest BCUT2D eigenvalue weighted by Crippen LogP contribution is -2.43. The molecule has 0 aromatic carbocycles. The molecule has 1 aliphatic rings. The normalized spacial score (nSPS) is 17.9. The molecular weight excluding hydrogens is 250 g/mol. The molecule has 2 rings (SSSR count). The molecule has 0 spiro atoms. The van der Waals surface area contributed by atoms with E-state index in [1.807, 2.05) is 24.8 Å². The minimum absolute atomic E-state index is 0.0984. The molecule has 4 nitrogen and oxygen atoms in total. The summed E-state index contributed by atoms with van der Waals surface area (Å²) in [5, 5.41) is 3.27. The number of aryl methyl sites for hydroxylation is 1. The van der Waals surface area contributed by atoms with Crippen LogP contribution in [0.3, 0.4) is 0 Å². The number of carbonyl (C=O) groups excluding carboxylic acids is 1. The lowest BCUT2D eigenvalue weighted by molar-refractivity contribution is 0.0584. The van der Waals surface area contributed by atoms with Crippen molar-refractivity contribution in [2.75, 3.05) is 25.0 Å². The fourth-order valence-corrected chi connectivity index (χ4v) is 2.83. The van der Waals surface area contributed by atoms with Crippen molar-refractivity contribution in [1.29, 1.82) is 0 Å². The van der Waals surface area contributed by atoms with Crippen LogP contribution in [0.5, 0.6) is 0 Å². The van der Waals surface area contributed by atoms with Gasteiger partial charge in [-0.15, -0.1) is 0 Å². The number of aromatic nitrogens is 1. The van der Waals surface area contributed by atoms with Crippen LogP contribution in [0.15, 0.2) is 12.3 Å². The average Bonchev–Trinajstić information content (AvgIpc) is 2.37. The van der Waals surface area contributed by atoms with Crippen LogP contribution in [-0.2, 0) is 0 Å². The van der Waals surface area contributed by atoms with E-state index in [9.17, 15) is 4.79 Å². The Kier molecular flexibility index (Phi) is 4.31. The van der Waals surface area contributed by atoms with Crippen LogP contribution in [0.2, 0.25) is 0 Å². The summed E-state index contributed by atoms with van der Waals surface area (Å²) in [6.45, 7) is 10.9. The zero-order chi connectivity index (χ0) is 14.8. The summed E-state index contributed by atoms with van der Waals surface area (Å²) in [4.78, 5) is 19.0. The Labute approximate surface area is 121 Å². The Morgan fingerprint density at radius 2 is 2.25 bits per heavy atom. The molecule has 0 aliphatic carbocycles. The first-order valence-electron chi connectivity index (χ1n) is 7.43. The Hall–Kier alpha value is -1.58. The topological polar surface area (TPSA) is 45.2 Å². The van der Waals surface area contributed by atoms with Gasteiger partial charge in [-0.2, -0.15) is 0 Å². The number of carbonyl (C=O) groups is 1. The Bertz CT molecular complexity index is 496. The third-order valence-corrected chi connectivity index (χ3v) is 3.83. The van der Waals surface area contributed by atoms with Crippen LogP contribution in [0.4, 0.5) is 5.69 Å². The smallest absolute Gasteiger partial charge is 0.257 e. The van der Waals surface area contributed by atoms with Gasteiger partial charge in [-0.1, -0.05) is 13.8 Å². The fourth-order valence-electron chi connectivity index (χ4n) is 2.83. The first-order valence-corrected chi connectivity index (χ1v) is 7.43. The summed E-state index contributed by atoms with van der Waals surface area (Å²) in [5.41, 5.74) is 2.73. The van der Waals surface area contributed by atoms with Crippen LogP contribution >= 0.6 is 0 Å². The van der Waals surface area contributed by atoms with Gasteiger partial charge in [0.05, 0.1) is 11.3 Å². The first-order chi connectivity index (χ1) is 9.43. The van der Waals surface area contributed by atoms with Crippen molar-refractivity contribution in [2.45, 2.75) is 40.5 Å². The molecule has 4 heteroatoms. The minimum atomic E-state index is 0.0984. The summed E-state index contributed by atoms with van der Waals surface area (Å²) in [7, 11) is 0. The molecule has 0 unspecified atom stereocenters. The molecule has 1 aromatic heterocycles. The van der Waals surface area contributed by atoms with Crippen LogP contribution in [0.25, 0.3) is 0 Å². The summed E-state index contributed by atoms with van der Waals surface area (Å²) in [6.07, 6.45) is 3.97. The number of piperidine rings is 1. The van der Waals surface area contributed by atoms with Crippen LogP contribution in [0.1, 0.15) is 49.7 Å².